The number of hydrogen-bond donors (Lipinski definition) is 0. The van der Waals surface area contributed by atoms with Crippen LogP contribution in [0.2, 0.25) is 5.02 Å². The second-order valence-corrected chi connectivity index (χ2v) is 4.48. The van der Waals surface area contributed by atoms with Crippen molar-refractivity contribution in [3.63, 3.8) is 0 Å². The number of halogens is 3. The summed E-state index contributed by atoms with van der Waals surface area (Å²) in [4.78, 5) is 0. The van der Waals surface area contributed by atoms with Crippen molar-refractivity contribution in [2.24, 2.45) is 0 Å². The van der Waals surface area contributed by atoms with Crippen LogP contribution in [0.5, 0.6) is 0 Å². The highest BCUT2D eigenvalue weighted by Gasteiger charge is 2.11. The second kappa shape index (κ2) is 4.49. The third-order valence-electron chi connectivity index (χ3n) is 2.04. The van der Waals surface area contributed by atoms with E-state index >= 15 is 0 Å². The van der Waals surface area contributed by atoms with Crippen LogP contribution in [0.3, 0.4) is 0 Å². The lowest BCUT2D eigenvalue weighted by molar-refractivity contribution is 0.630. The molecule has 1 radical (unpaired) electrons. The van der Waals surface area contributed by atoms with Gasteiger partial charge >= 0.3 is 0 Å². The van der Waals surface area contributed by atoms with Crippen LogP contribution in [0.25, 0.3) is 11.1 Å². The average molecular weight is 332 g/mol. The van der Waals surface area contributed by atoms with Crippen LogP contribution in [0, 0.1) is 15.5 Å². The van der Waals surface area contributed by atoms with Gasteiger partial charge in [-0.25, -0.2) is 4.39 Å². The minimum absolute atomic E-state index is 0.272. The molecule has 2 aromatic carbocycles. The molecule has 3 heteroatoms. The summed E-state index contributed by atoms with van der Waals surface area (Å²) in [6, 6.07) is 13.1. The Morgan fingerprint density at radius 1 is 1.20 bits per heavy atom. The molecule has 0 amide bonds. The largest absolute Gasteiger partial charge is 0.206 e. The van der Waals surface area contributed by atoms with Gasteiger partial charge in [0.1, 0.15) is 5.82 Å². The molecule has 0 saturated carbocycles. The predicted molar refractivity (Wildman–Crippen MR) is 68.4 cm³/mol. The first-order valence-electron chi connectivity index (χ1n) is 4.30. The Morgan fingerprint density at radius 3 is 2.60 bits per heavy atom. The maximum atomic E-state index is 13.6. The zero-order valence-electron chi connectivity index (χ0n) is 7.60. The molecule has 0 spiro atoms. The van der Waals surface area contributed by atoms with E-state index in [1.807, 2.05) is 12.1 Å². The third-order valence-corrected chi connectivity index (χ3v) is 3.22. The summed E-state index contributed by atoms with van der Waals surface area (Å²) in [6.07, 6.45) is 0. The molecule has 2 rings (SSSR count). The van der Waals surface area contributed by atoms with Crippen molar-refractivity contribution in [3.8, 4) is 11.1 Å². The Morgan fingerprint density at radius 2 is 1.93 bits per heavy atom. The smallest absolute Gasteiger partial charge is 0.132 e. The summed E-state index contributed by atoms with van der Waals surface area (Å²) in [5.41, 5.74) is 1.22. The van der Waals surface area contributed by atoms with E-state index in [1.54, 1.807) is 18.2 Å². The average Bonchev–Trinajstić information content (AvgIpc) is 2.20. The van der Waals surface area contributed by atoms with E-state index in [0.717, 1.165) is 3.57 Å². The van der Waals surface area contributed by atoms with Crippen molar-refractivity contribution in [2.45, 2.75) is 0 Å². The van der Waals surface area contributed by atoms with E-state index in [0.29, 0.717) is 16.1 Å². The molecule has 0 saturated heterocycles. The Hall–Kier alpha value is -0.610. The number of benzene rings is 2. The molecule has 0 bridgehead atoms. The van der Waals surface area contributed by atoms with E-state index in [2.05, 4.69) is 28.7 Å². The summed E-state index contributed by atoms with van der Waals surface area (Å²) in [7, 11) is 0. The molecule has 0 fully saturated rings. The molecule has 75 valence electrons. The molecule has 2 aromatic rings. The molecule has 0 atom stereocenters. The van der Waals surface area contributed by atoms with Crippen molar-refractivity contribution >= 4 is 34.2 Å². The van der Waals surface area contributed by atoms with Crippen molar-refractivity contribution in [1.82, 2.24) is 0 Å². The minimum Gasteiger partial charge on any atom is -0.206 e. The fourth-order valence-corrected chi connectivity index (χ4v) is 2.32. The van der Waals surface area contributed by atoms with Gasteiger partial charge < -0.3 is 0 Å². The summed E-state index contributed by atoms with van der Waals surface area (Å²) in [5, 5.41) is 0.550. The van der Waals surface area contributed by atoms with Gasteiger partial charge in [-0.3, -0.25) is 0 Å². The molecule has 0 aliphatic rings. The summed E-state index contributed by atoms with van der Waals surface area (Å²) in [6.45, 7) is 0. The third kappa shape index (κ3) is 2.16. The van der Waals surface area contributed by atoms with Crippen molar-refractivity contribution in [2.75, 3.05) is 0 Å². The van der Waals surface area contributed by atoms with Crippen molar-refractivity contribution < 1.29 is 4.39 Å². The molecule has 0 N–H and O–H groups in total. The Labute approximate surface area is 106 Å². The topological polar surface area (TPSA) is 0 Å². The first-order valence-corrected chi connectivity index (χ1v) is 5.76. The number of rotatable bonds is 1. The summed E-state index contributed by atoms with van der Waals surface area (Å²) in [5.74, 6) is -0.272. The number of hydrogen-bond acceptors (Lipinski definition) is 0. The molecular weight excluding hydrogens is 325 g/mol. The van der Waals surface area contributed by atoms with Gasteiger partial charge in [-0.2, -0.15) is 0 Å². The lowest BCUT2D eigenvalue weighted by Gasteiger charge is -2.07. The lowest BCUT2D eigenvalue weighted by Crippen LogP contribution is -1.89. The Kier molecular flexibility index (Phi) is 3.26. The molecule has 0 nitrogen and oxygen atoms in total. The van der Waals surface area contributed by atoms with E-state index < -0.39 is 0 Å². The fourth-order valence-electron chi connectivity index (χ4n) is 1.36. The highest BCUT2D eigenvalue weighted by Crippen LogP contribution is 2.32. The predicted octanol–water partition coefficient (Wildman–Crippen LogP) is 4.55. The van der Waals surface area contributed by atoms with Crippen LogP contribution in [0.15, 0.2) is 36.4 Å². The van der Waals surface area contributed by atoms with Gasteiger partial charge in [0.2, 0.25) is 0 Å². The van der Waals surface area contributed by atoms with Crippen LogP contribution >= 0.6 is 34.2 Å². The van der Waals surface area contributed by atoms with Gasteiger partial charge in [0, 0.05) is 19.7 Å². The Balaban J connectivity index is 2.69. The van der Waals surface area contributed by atoms with Gasteiger partial charge in [0.15, 0.2) is 0 Å². The normalized spacial score (nSPS) is 10.3. The fraction of sp³-hybridized carbons (Fsp3) is 0. The van der Waals surface area contributed by atoms with Crippen molar-refractivity contribution in [3.05, 3.63) is 56.9 Å². The Bertz CT molecular complexity index is 476. The second-order valence-electron chi connectivity index (χ2n) is 2.99. The first-order chi connectivity index (χ1) is 7.20. The monoisotopic (exact) mass is 331 g/mol. The van der Waals surface area contributed by atoms with E-state index in [1.165, 1.54) is 6.07 Å². The van der Waals surface area contributed by atoms with Gasteiger partial charge in [-0.15, -0.1) is 0 Å². The standard InChI is InChI=1S/C12H6ClFI/c13-9-5-2-1-4-8(9)12-10(14)6-3-7-11(12)15/h1-6H. The van der Waals surface area contributed by atoms with Gasteiger partial charge in [-0.05, 0) is 40.8 Å². The molecule has 15 heavy (non-hydrogen) atoms. The SMILES string of the molecule is Fc1cc[c]c(I)c1-c1ccccc1Cl. The quantitative estimate of drug-likeness (QED) is 0.673. The molecule has 0 heterocycles. The highest BCUT2D eigenvalue weighted by atomic mass is 127. The molecule has 0 unspecified atom stereocenters. The van der Waals surface area contributed by atoms with Crippen LogP contribution < -0.4 is 0 Å². The van der Waals surface area contributed by atoms with Gasteiger partial charge in [-0.1, -0.05) is 35.9 Å². The van der Waals surface area contributed by atoms with E-state index in [4.69, 9.17) is 11.6 Å². The highest BCUT2D eigenvalue weighted by molar-refractivity contribution is 14.1. The molecular formula is C12H6ClFI. The van der Waals surface area contributed by atoms with Crippen molar-refractivity contribution in [1.29, 1.82) is 0 Å². The molecule has 0 aliphatic heterocycles. The first kappa shape index (κ1) is 10.9. The van der Waals surface area contributed by atoms with E-state index in [9.17, 15) is 4.39 Å². The van der Waals surface area contributed by atoms with Crippen LogP contribution in [-0.2, 0) is 0 Å². The maximum Gasteiger partial charge on any atom is 0.132 e. The zero-order chi connectivity index (χ0) is 10.8. The zero-order valence-corrected chi connectivity index (χ0v) is 10.5. The minimum atomic E-state index is -0.272. The van der Waals surface area contributed by atoms with Crippen LogP contribution in [0.4, 0.5) is 4.39 Å². The molecule has 0 aromatic heterocycles. The van der Waals surface area contributed by atoms with Gasteiger partial charge in [0.05, 0.1) is 0 Å². The maximum absolute atomic E-state index is 13.6. The summed E-state index contributed by atoms with van der Waals surface area (Å²) >= 11 is 8.07. The summed E-state index contributed by atoms with van der Waals surface area (Å²) < 4.78 is 14.4. The van der Waals surface area contributed by atoms with Gasteiger partial charge in [0.25, 0.3) is 0 Å². The van der Waals surface area contributed by atoms with Crippen LogP contribution in [-0.4, -0.2) is 0 Å². The molecule has 0 aliphatic carbocycles. The lowest BCUT2D eigenvalue weighted by atomic mass is 10.1. The van der Waals surface area contributed by atoms with E-state index in [-0.39, 0.29) is 5.82 Å². The van der Waals surface area contributed by atoms with Crippen LogP contribution in [0.1, 0.15) is 0 Å².